The van der Waals surface area contributed by atoms with Gasteiger partial charge in [0.1, 0.15) is 0 Å². The molecule has 0 saturated heterocycles. The van der Waals surface area contributed by atoms with Gasteiger partial charge in [-0.1, -0.05) is 6.92 Å². The summed E-state index contributed by atoms with van der Waals surface area (Å²) in [5.41, 5.74) is 2.28. The zero-order chi connectivity index (χ0) is 12.3. The summed E-state index contributed by atoms with van der Waals surface area (Å²) in [6, 6.07) is 8.79. The van der Waals surface area contributed by atoms with Crippen molar-refractivity contribution < 1.29 is 4.92 Å². The minimum absolute atomic E-state index is 0.132. The molecule has 17 heavy (non-hydrogen) atoms. The molecule has 0 bridgehead atoms. The second kappa shape index (κ2) is 5.33. The standard InChI is InChI=1S/C12H11NO2S2/c1-2-16-12-7-10(8-17-12)9-3-5-11(6-4-9)13(14)15/h3-8H,2H2,1H3. The Bertz CT molecular complexity index is 520. The van der Waals surface area contributed by atoms with Crippen LogP contribution >= 0.6 is 23.1 Å². The minimum Gasteiger partial charge on any atom is -0.258 e. The van der Waals surface area contributed by atoms with Crippen molar-refractivity contribution in [2.75, 3.05) is 5.75 Å². The van der Waals surface area contributed by atoms with E-state index in [0.29, 0.717) is 0 Å². The largest absolute Gasteiger partial charge is 0.269 e. The Labute approximate surface area is 108 Å². The Morgan fingerprint density at radius 2 is 2.00 bits per heavy atom. The highest BCUT2D eigenvalue weighted by Crippen LogP contribution is 2.32. The fourth-order valence-corrected chi connectivity index (χ4v) is 3.37. The summed E-state index contributed by atoms with van der Waals surface area (Å²) in [4.78, 5) is 10.2. The van der Waals surface area contributed by atoms with Crippen LogP contribution in [-0.4, -0.2) is 10.7 Å². The number of benzene rings is 1. The molecule has 2 aromatic rings. The maximum atomic E-state index is 10.5. The van der Waals surface area contributed by atoms with Gasteiger partial charge in [-0.05, 0) is 40.5 Å². The number of nitrogens with zero attached hydrogens (tertiary/aromatic N) is 1. The monoisotopic (exact) mass is 265 g/mol. The lowest BCUT2D eigenvalue weighted by Crippen LogP contribution is -1.86. The molecule has 88 valence electrons. The molecule has 0 amide bonds. The third-order valence-electron chi connectivity index (χ3n) is 2.27. The number of non-ortho nitro benzene ring substituents is 1. The summed E-state index contributed by atoms with van der Waals surface area (Å²) in [5.74, 6) is 1.06. The van der Waals surface area contributed by atoms with Crippen LogP contribution in [0.15, 0.2) is 39.9 Å². The average molecular weight is 265 g/mol. The molecule has 5 heteroatoms. The van der Waals surface area contributed by atoms with Gasteiger partial charge in [-0.3, -0.25) is 10.1 Å². The van der Waals surface area contributed by atoms with Gasteiger partial charge in [0, 0.05) is 12.1 Å². The molecule has 1 aromatic carbocycles. The van der Waals surface area contributed by atoms with Crippen molar-refractivity contribution in [3.05, 3.63) is 45.8 Å². The van der Waals surface area contributed by atoms with E-state index in [-0.39, 0.29) is 10.6 Å². The highest BCUT2D eigenvalue weighted by molar-refractivity contribution is 8.01. The number of rotatable bonds is 4. The van der Waals surface area contributed by atoms with E-state index >= 15 is 0 Å². The first kappa shape index (κ1) is 12.1. The summed E-state index contributed by atoms with van der Waals surface area (Å²) < 4.78 is 1.28. The molecule has 0 aliphatic heterocycles. The zero-order valence-electron chi connectivity index (χ0n) is 9.25. The quantitative estimate of drug-likeness (QED) is 0.466. The number of thiophene rings is 1. The summed E-state index contributed by atoms with van der Waals surface area (Å²) in [6.45, 7) is 2.12. The molecule has 0 aliphatic rings. The second-order valence-corrected chi connectivity index (χ2v) is 5.87. The van der Waals surface area contributed by atoms with Crippen molar-refractivity contribution in [3.8, 4) is 11.1 Å². The highest BCUT2D eigenvalue weighted by atomic mass is 32.2. The summed E-state index contributed by atoms with van der Waals surface area (Å²) >= 11 is 3.52. The molecular formula is C12H11NO2S2. The van der Waals surface area contributed by atoms with Gasteiger partial charge in [0.25, 0.3) is 5.69 Å². The molecule has 0 fully saturated rings. The SMILES string of the molecule is CCSc1cc(-c2ccc([N+](=O)[O-])cc2)cs1. The van der Waals surface area contributed by atoms with Crippen LogP contribution in [0.25, 0.3) is 11.1 Å². The van der Waals surface area contributed by atoms with Gasteiger partial charge in [0.05, 0.1) is 9.13 Å². The van der Waals surface area contributed by atoms with E-state index in [9.17, 15) is 10.1 Å². The van der Waals surface area contributed by atoms with Crippen LogP contribution in [-0.2, 0) is 0 Å². The molecule has 0 saturated carbocycles. The van der Waals surface area contributed by atoms with E-state index < -0.39 is 0 Å². The van der Waals surface area contributed by atoms with Gasteiger partial charge in [-0.25, -0.2) is 0 Å². The second-order valence-electron chi connectivity index (χ2n) is 3.39. The molecular weight excluding hydrogens is 254 g/mol. The molecule has 1 heterocycles. The predicted octanol–water partition coefficient (Wildman–Crippen LogP) is 4.44. The van der Waals surface area contributed by atoms with Crippen LogP contribution in [0.5, 0.6) is 0 Å². The van der Waals surface area contributed by atoms with Gasteiger partial charge in [-0.2, -0.15) is 0 Å². The highest BCUT2D eigenvalue weighted by Gasteiger charge is 2.06. The van der Waals surface area contributed by atoms with E-state index in [1.165, 1.54) is 4.21 Å². The number of thioether (sulfide) groups is 1. The van der Waals surface area contributed by atoms with E-state index in [0.717, 1.165) is 16.9 Å². The van der Waals surface area contributed by atoms with E-state index in [2.05, 4.69) is 18.4 Å². The Kier molecular flexibility index (Phi) is 3.81. The molecule has 0 spiro atoms. The number of hydrogen-bond acceptors (Lipinski definition) is 4. The number of hydrogen-bond donors (Lipinski definition) is 0. The molecule has 1 aromatic heterocycles. The van der Waals surface area contributed by atoms with Crippen LogP contribution in [0.2, 0.25) is 0 Å². The Morgan fingerprint density at radius 3 is 2.59 bits per heavy atom. The van der Waals surface area contributed by atoms with Gasteiger partial charge < -0.3 is 0 Å². The average Bonchev–Trinajstić information content (AvgIpc) is 2.78. The van der Waals surface area contributed by atoms with Crippen molar-refractivity contribution in [3.63, 3.8) is 0 Å². The smallest absolute Gasteiger partial charge is 0.258 e. The lowest BCUT2D eigenvalue weighted by Gasteiger charge is -1.96. The molecule has 0 radical (unpaired) electrons. The lowest BCUT2D eigenvalue weighted by atomic mass is 10.1. The van der Waals surface area contributed by atoms with Crippen molar-refractivity contribution >= 4 is 28.8 Å². The molecule has 0 unspecified atom stereocenters. The zero-order valence-corrected chi connectivity index (χ0v) is 10.9. The fraction of sp³-hybridized carbons (Fsp3) is 0.167. The third-order valence-corrected chi connectivity index (χ3v) is 4.33. The van der Waals surface area contributed by atoms with Gasteiger partial charge >= 0.3 is 0 Å². The summed E-state index contributed by atoms with van der Waals surface area (Å²) in [7, 11) is 0. The van der Waals surface area contributed by atoms with Gasteiger partial charge in [0.15, 0.2) is 0 Å². The maximum absolute atomic E-state index is 10.5. The Morgan fingerprint density at radius 1 is 1.29 bits per heavy atom. The van der Waals surface area contributed by atoms with Crippen LogP contribution in [0.3, 0.4) is 0 Å². The first-order valence-corrected chi connectivity index (χ1v) is 7.03. The molecule has 3 nitrogen and oxygen atoms in total. The Hall–Kier alpha value is -1.33. The van der Waals surface area contributed by atoms with Crippen LogP contribution in [0.1, 0.15) is 6.92 Å². The lowest BCUT2D eigenvalue weighted by molar-refractivity contribution is -0.384. The van der Waals surface area contributed by atoms with Crippen LogP contribution in [0.4, 0.5) is 5.69 Å². The fourth-order valence-electron chi connectivity index (χ4n) is 1.46. The van der Waals surface area contributed by atoms with E-state index in [4.69, 9.17) is 0 Å². The first-order valence-electron chi connectivity index (χ1n) is 5.17. The Balaban J connectivity index is 2.23. The topological polar surface area (TPSA) is 43.1 Å². The summed E-state index contributed by atoms with van der Waals surface area (Å²) in [5, 5.41) is 12.6. The van der Waals surface area contributed by atoms with Crippen molar-refractivity contribution in [1.82, 2.24) is 0 Å². The van der Waals surface area contributed by atoms with Gasteiger partial charge in [-0.15, -0.1) is 23.1 Å². The van der Waals surface area contributed by atoms with E-state index in [1.54, 1.807) is 35.6 Å². The van der Waals surface area contributed by atoms with Crippen molar-refractivity contribution in [2.24, 2.45) is 0 Å². The van der Waals surface area contributed by atoms with Crippen LogP contribution < -0.4 is 0 Å². The molecule has 0 N–H and O–H groups in total. The molecule has 0 atom stereocenters. The molecule has 2 rings (SSSR count). The minimum atomic E-state index is -0.379. The maximum Gasteiger partial charge on any atom is 0.269 e. The van der Waals surface area contributed by atoms with Gasteiger partial charge in [0.2, 0.25) is 0 Å². The molecule has 0 aliphatic carbocycles. The van der Waals surface area contributed by atoms with Crippen LogP contribution in [0, 0.1) is 10.1 Å². The van der Waals surface area contributed by atoms with E-state index in [1.807, 2.05) is 11.8 Å². The number of nitro groups is 1. The predicted molar refractivity (Wildman–Crippen MR) is 72.8 cm³/mol. The van der Waals surface area contributed by atoms with Crippen molar-refractivity contribution in [1.29, 1.82) is 0 Å². The van der Waals surface area contributed by atoms with Crippen molar-refractivity contribution in [2.45, 2.75) is 11.1 Å². The third kappa shape index (κ3) is 2.87. The normalized spacial score (nSPS) is 10.4. The number of nitro benzene ring substituents is 1. The first-order chi connectivity index (χ1) is 8.20. The summed E-state index contributed by atoms with van der Waals surface area (Å²) in [6.07, 6.45) is 0.